The highest BCUT2D eigenvalue weighted by atomic mass is 35.5. The summed E-state index contributed by atoms with van der Waals surface area (Å²) in [6, 6.07) is 4.99. The summed E-state index contributed by atoms with van der Waals surface area (Å²) in [7, 11) is 0. The minimum atomic E-state index is -0.211. The third-order valence-corrected chi connectivity index (χ3v) is 3.62. The summed E-state index contributed by atoms with van der Waals surface area (Å²) in [6.07, 6.45) is 4.18. The number of benzene rings is 1. The van der Waals surface area contributed by atoms with Crippen molar-refractivity contribution in [2.75, 3.05) is 6.54 Å². The Morgan fingerprint density at radius 2 is 2.00 bits per heavy atom. The first kappa shape index (κ1) is 16.5. The van der Waals surface area contributed by atoms with Gasteiger partial charge in [0.1, 0.15) is 5.82 Å². The minimum absolute atomic E-state index is 0.211. The second kappa shape index (κ2) is 8.55. The van der Waals surface area contributed by atoms with E-state index in [9.17, 15) is 4.39 Å². The third kappa shape index (κ3) is 6.40. The van der Waals surface area contributed by atoms with Crippen molar-refractivity contribution in [3.05, 3.63) is 34.6 Å². The molecule has 3 heteroatoms. The zero-order valence-electron chi connectivity index (χ0n) is 12.2. The van der Waals surface area contributed by atoms with Crippen molar-refractivity contribution >= 4 is 11.6 Å². The van der Waals surface area contributed by atoms with Crippen LogP contribution < -0.4 is 5.32 Å². The van der Waals surface area contributed by atoms with Crippen molar-refractivity contribution < 1.29 is 4.39 Å². The Hall–Kier alpha value is -0.600. The molecule has 19 heavy (non-hydrogen) atoms. The van der Waals surface area contributed by atoms with Crippen LogP contribution in [0.5, 0.6) is 0 Å². The summed E-state index contributed by atoms with van der Waals surface area (Å²) in [5.41, 5.74) is 0.902. The Balaban J connectivity index is 2.66. The first-order valence-electron chi connectivity index (χ1n) is 7.20. The summed E-state index contributed by atoms with van der Waals surface area (Å²) >= 11 is 6.14. The zero-order valence-corrected chi connectivity index (χ0v) is 12.9. The molecule has 0 aliphatic carbocycles. The van der Waals surface area contributed by atoms with E-state index < -0.39 is 0 Å². The van der Waals surface area contributed by atoms with Gasteiger partial charge >= 0.3 is 0 Å². The van der Waals surface area contributed by atoms with Gasteiger partial charge in [-0.2, -0.15) is 0 Å². The molecule has 0 fully saturated rings. The zero-order chi connectivity index (χ0) is 14.3. The van der Waals surface area contributed by atoms with Gasteiger partial charge in [-0.05, 0) is 61.9 Å². The molecule has 1 aromatic carbocycles. The van der Waals surface area contributed by atoms with Crippen LogP contribution in [-0.2, 0) is 6.42 Å². The first-order valence-corrected chi connectivity index (χ1v) is 7.58. The summed E-state index contributed by atoms with van der Waals surface area (Å²) in [5, 5.41) is 4.20. The fourth-order valence-electron chi connectivity index (χ4n) is 2.12. The van der Waals surface area contributed by atoms with Crippen LogP contribution in [-0.4, -0.2) is 12.6 Å². The van der Waals surface area contributed by atoms with Crippen molar-refractivity contribution in [2.24, 2.45) is 5.92 Å². The van der Waals surface area contributed by atoms with E-state index in [0.29, 0.717) is 17.0 Å². The monoisotopic (exact) mass is 285 g/mol. The van der Waals surface area contributed by atoms with Gasteiger partial charge in [0.2, 0.25) is 0 Å². The fourth-order valence-corrected chi connectivity index (χ4v) is 2.32. The van der Waals surface area contributed by atoms with Gasteiger partial charge < -0.3 is 5.32 Å². The average Bonchev–Trinajstić information content (AvgIpc) is 2.36. The van der Waals surface area contributed by atoms with E-state index in [-0.39, 0.29) is 5.82 Å². The van der Waals surface area contributed by atoms with E-state index >= 15 is 0 Å². The second-order valence-corrected chi connectivity index (χ2v) is 5.97. The Morgan fingerprint density at radius 1 is 1.26 bits per heavy atom. The second-order valence-electron chi connectivity index (χ2n) is 5.56. The quantitative estimate of drug-likeness (QED) is 0.722. The largest absolute Gasteiger partial charge is 0.314 e. The van der Waals surface area contributed by atoms with E-state index in [1.54, 1.807) is 12.1 Å². The molecule has 1 aromatic rings. The van der Waals surface area contributed by atoms with Gasteiger partial charge in [0.25, 0.3) is 0 Å². The number of halogens is 2. The molecule has 108 valence electrons. The van der Waals surface area contributed by atoms with E-state index in [0.717, 1.165) is 31.4 Å². The Labute approximate surface area is 121 Å². The lowest BCUT2D eigenvalue weighted by Gasteiger charge is -2.20. The average molecular weight is 286 g/mol. The Kier molecular flexibility index (Phi) is 7.40. The van der Waals surface area contributed by atoms with Gasteiger partial charge in [-0.25, -0.2) is 4.39 Å². The molecule has 0 saturated heterocycles. The number of hydrogen-bond donors (Lipinski definition) is 1. The highest BCUT2D eigenvalue weighted by molar-refractivity contribution is 6.31. The van der Waals surface area contributed by atoms with Crippen LogP contribution >= 0.6 is 11.6 Å². The predicted octanol–water partition coefficient (Wildman–Crippen LogP) is 4.83. The standard InChI is InChI=1S/C16H25ClFN/c1-4-9-19-15(7-5-12(2)3)11-13-10-14(18)6-8-16(13)17/h6,8,10,12,15,19H,4-5,7,9,11H2,1-3H3. The number of rotatable bonds is 8. The van der Waals surface area contributed by atoms with Gasteiger partial charge in [-0.3, -0.25) is 0 Å². The summed E-state index contributed by atoms with van der Waals surface area (Å²) in [5.74, 6) is 0.478. The van der Waals surface area contributed by atoms with Crippen molar-refractivity contribution in [3.63, 3.8) is 0 Å². The van der Waals surface area contributed by atoms with Gasteiger partial charge in [0, 0.05) is 11.1 Å². The SMILES string of the molecule is CCCNC(CCC(C)C)Cc1cc(F)ccc1Cl. The normalized spacial score (nSPS) is 12.9. The van der Waals surface area contributed by atoms with Gasteiger partial charge in [0.15, 0.2) is 0 Å². The lowest BCUT2D eigenvalue weighted by Crippen LogP contribution is -2.32. The molecular formula is C16H25ClFN. The molecule has 0 spiro atoms. The van der Waals surface area contributed by atoms with Gasteiger partial charge in [-0.15, -0.1) is 0 Å². The van der Waals surface area contributed by atoms with Crippen LogP contribution in [0.4, 0.5) is 4.39 Å². The van der Waals surface area contributed by atoms with Crippen molar-refractivity contribution in [1.29, 1.82) is 0 Å². The highest BCUT2D eigenvalue weighted by Gasteiger charge is 2.12. The summed E-state index contributed by atoms with van der Waals surface area (Å²) in [6.45, 7) is 7.61. The molecule has 0 radical (unpaired) electrons. The molecule has 0 amide bonds. The molecule has 1 rings (SSSR count). The maximum absolute atomic E-state index is 13.3. The van der Waals surface area contributed by atoms with Crippen molar-refractivity contribution in [2.45, 2.75) is 52.5 Å². The Bertz CT molecular complexity index is 379. The van der Waals surface area contributed by atoms with Gasteiger partial charge in [0.05, 0.1) is 0 Å². The molecule has 0 aliphatic heterocycles. The molecular weight excluding hydrogens is 261 g/mol. The third-order valence-electron chi connectivity index (χ3n) is 3.25. The van der Waals surface area contributed by atoms with Gasteiger partial charge in [-0.1, -0.05) is 32.4 Å². The van der Waals surface area contributed by atoms with Crippen LogP contribution in [0.1, 0.15) is 45.6 Å². The molecule has 0 aromatic heterocycles. The van der Waals surface area contributed by atoms with Crippen LogP contribution in [0.2, 0.25) is 5.02 Å². The fraction of sp³-hybridized carbons (Fsp3) is 0.625. The van der Waals surface area contributed by atoms with E-state index in [4.69, 9.17) is 11.6 Å². The van der Waals surface area contributed by atoms with Crippen LogP contribution in [0.15, 0.2) is 18.2 Å². The molecule has 1 atom stereocenters. The van der Waals surface area contributed by atoms with Crippen molar-refractivity contribution in [3.8, 4) is 0 Å². The van der Waals surface area contributed by atoms with Crippen LogP contribution in [0.3, 0.4) is 0 Å². The molecule has 0 bridgehead atoms. The number of nitrogens with one attached hydrogen (secondary N) is 1. The first-order chi connectivity index (χ1) is 9.02. The van der Waals surface area contributed by atoms with Crippen molar-refractivity contribution in [1.82, 2.24) is 5.32 Å². The lowest BCUT2D eigenvalue weighted by molar-refractivity contribution is 0.427. The minimum Gasteiger partial charge on any atom is -0.314 e. The van der Waals surface area contributed by atoms with E-state index in [2.05, 4.69) is 26.1 Å². The maximum Gasteiger partial charge on any atom is 0.123 e. The predicted molar refractivity (Wildman–Crippen MR) is 81.3 cm³/mol. The summed E-state index contributed by atoms with van der Waals surface area (Å²) < 4.78 is 13.3. The maximum atomic E-state index is 13.3. The number of hydrogen-bond acceptors (Lipinski definition) is 1. The molecule has 0 saturated carbocycles. The molecule has 0 aliphatic rings. The molecule has 0 heterocycles. The Morgan fingerprint density at radius 3 is 2.63 bits per heavy atom. The molecule has 1 nitrogen and oxygen atoms in total. The topological polar surface area (TPSA) is 12.0 Å². The molecule has 1 N–H and O–H groups in total. The van der Waals surface area contributed by atoms with E-state index in [1.165, 1.54) is 12.5 Å². The summed E-state index contributed by atoms with van der Waals surface area (Å²) in [4.78, 5) is 0. The van der Waals surface area contributed by atoms with Crippen LogP contribution in [0.25, 0.3) is 0 Å². The smallest absolute Gasteiger partial charge is 0.123 e. The molecule has 1 unspecified atom stereocenters. The highest BCUT2D eigenvalue weighted by Crippen LogP contribution is 2.20. The lowest BCUT2D eigenvalue weighted by atomic mass is 9.97. The van der Waals surface area contributed by atoms with Crippen LogP contribution in [0, 0.1) is 11.7 Å². The van der Waals surface area contributed by atoms with E-state index in [1.807, 2.05) is 0 Å².